The molecule has 110 valence electrons. The summed E-state index contributed by atoms with van der Waals surface area (Å²) >= 11 is 0. The molecule has 3 atom stereocenters. The zero-order chi connectivity index (χ0) is 15.4. The van der Waals surface area contributed by atoms with E-state index >= 15 is 0 Å². The lowest BCUT2D eigenvalue weighted by Crippen LogP contribution is -2.43. The minimum Gasteiger partial charge on any atom is -0.390 e. The van der Waals surface area contributed by atoms with Crippen molar-refractivity contribution in [3.05, 3.63) is 0 Å². The molecule has 2 aliphatic heterocycles. The van der Waals surface area contributed by atoms with Crippen molar-refractivity contribution in [1.29, 1.82) is 0 Å². The number of carbonyl (C=O) groups is 4. The van der Waals surface area contributed by atoms with Gasteiger partial charge in [-0.3, -0.25) is 29.0 Å². The Morgan fingerprint density at radius 1 is 1.00 bits per heavy atom. The first kappa shape index (κ1) is 14.6. The summed E-state index contributed by atoms with van der Waals surface area (Å²) in [6.45, 7) is 2.86. The Bertz CT molecular complexity index is 507. The molecule has 3 unspecified atom stereocenters. The van der Waals surface area contributed by atoms with Gasteiger partial charge in [-0.2, -0.15) is 0 Å². The molecule has 2 rings (SSSR count). The van der Waals surface area contributed by atoms with Gasteiger partial charge in [0.2, 0.25) is 23.6 Å². The molecule has 2 aliphatic rings. The number of amides is 4. The first-order chi connectivity index (χ1) is 9.07. The van der Waals surface area contributed by atoms with E-state index in [2.05, 4.69) is 0 Å². The van der Waals surface area contributed by atoms with Crippen LogP contribution >= 0.6 is 0 Å². The lowest BCUT2D eigenvalue weighted by atomic mass is 9.74. The maximum Gasteiger partial charge on any atom is 0.235 e. The summed E-state index contributed by atoms with van der Waals surface area (Å²) in [7, 11) is 2.68. The number of nitrogens with zero attached hydrogens (tertiary/aromatic N) is 2. The van der Waals surface area contributed by atoms with Crippen LogP contribution in [-0.2, 0) is 19.2 Å². The Hall–Kier alpha value is -1.76. The van der Waals surface area contributed by atoms with Gasteiger partial charge >= 0.3 is 0 Å². The number of likely N-dealkylation sites (tertiary alicyclic amines) is 2. The third kappa shape index (κ3) is 1.93. The quantitative estimate of drug-likeness (QED) is 0.655. The normalized spacial score (nSPS) is 31.8. The molecule has 7 heteroatoms. The van der Waals surface area contributed by atoms with Gasteiger partial charge in [-0.25, -0.2) is 0 Å². The second kappa shape index (κ2) is 4.37. The van der Waals surface area contributed by atoms with Crippen LogP contribution in [0.2, 0.25) is 0 Å². The van der Waals surface area contributed by atoms with Crippen molar-refractivity contribution in [2.24, 2.45) is 17.8 Å². The van der Waals surface area contributed by atoms with E-state index in [9.17, 15) is 24.3 Å². The molecule has 2 saturated heterocycles. The van der Waals surface area contributed by atoms with Crippen LogP contribution < -0.4 is 0 Å². The summed E-state index contributed by atoms with van der Waals surface area (Å²) < 4.78 is 0. The van der Waals surface area contributed by atoms with Gasteiger partial charge in [0, 0.05) is 20.5 Å². The maximum absolute atomic E-state index is 12.2. The molecule has 20 heavy (non-hydrogen) atoms. The minimum atomic E-state index is -1.44. The predicted octanol–water partition coefficient (Wildman–Crippen LogP) is -1.01. The molecular formula is C13H18N2O5. The van der Waals surface area contributed by atoms with Gasteiger partial charge in [-0.1, -0.05) is 0 Å². The first-order valence-electron chi connectivity index (χ1n) is 6.41. The molecule has 0 aromatic carbocycles. The highest BCUT2D eigenvalue weighted by atomic mass is 16.3. The molecule has 0 bridgehead atoms. The van der Waals surface area contributed by atoms with Gasteiger partial charge in [-0.15, -0.1) is 0 Å². The number of carbonyl (C=O) groups excluding carboxylic acids is 4. The second-order valence-electron chi connectivity index (χ2n) is 5.99. The smallest absolute Gasteiger partial charge is 0.235 e. The van der Waals surface area contributed by atoms with Crippen molar-refractivity contribution in [2.75, 3.05) is 14.1 Å². The fourth-order valence-corrected chi connectivity index (χ4v) is 3.05. The summed E-state index contributed by atoms with van der Waals surface area (Å²) in [5.74, 6) is -4.71. The van der Waals surface area contributed by atoms with Crippen molar-refractivity contribution in [1.82, 2.24) is 9.80 Å². The number of rotatable bonds is 2. The van der Waals surface area contributed by atoms with Gasteiger partial charge in [0.05, 0.1) is 23.4 Å². The Morgan fingerprint density at radius 2 is 1.55 bits per heavy atom. The first-order valence-corrected chi connectivity index (χ1v) is 6.41. The van der Waals surface area contributed by atoms with E-state index in [0.29, 0.717) is 0 Å². The molecule has 0 aliphatic carbocycles. The second-order valence-corrected chi connectivity index (χ2v) is 5.99. The standard InChI is InChI=1S/C13H18N2O5/c1-13(2,20)9-8(11(18)15(4)12(9)19)6-5-7(16)14(3)10(6)17/h6,8-9,20H,5H2,1-4H3. The van der Waals surface area contributed by atoms with Gasteiger partial charge in [0.25, 0.3) is 0 Å². The van der Waals surface area contributed by atoms with Crippen LogP contribution in [0.15, 0.2) is 0 Å². The number of hydrogen-bond acceptors (Lipinski definition) is 5. The summed E-state index contributed by atoms with van der Waals surface area (Å²) in [6.07, 6.45) is -0.0978. The van der Waals surface area contributed by atoms with Crippen LogP contribution in [0.1, 0.15) is 20.3 Å². The Kier molecular flexibility index (Phi) is 3.20. The average Bonchev–Trinajstić information content (AvgIpc) is 2.71. The van der Waals surface area contributed by atoms with Gasteiger partial charge < -0.3 is 5.11 Å². The highest BCUT2D eigenvalue weighted by molar-refractivity contribution is 6.10. The van der Waals surface area contributed by atoms with Crippen molar-refractivity contribution in [3.8, 4) is 0 Å². The lowest BCUT2D eigenvalue weighted by Gasteiger charge is -2.29. The summed E-state index contributed by atoms with van der Waals surface area (Å²) in [6, 6.07) is 0. The molecule has 0 aromatic rings. The third-order valence-electron chi connectivity index (χ3n) is 4.18. The molecular weight excluding hydrogens is 264 g/mol. The van der Waals surface area contributed by atoms with Crippen LogP contribution in [0, 0.1) is 17.8 Å². The topological polar surface area (TPSA) is 95.0 Å². The van der Waals surface area contributed by atoms with Crippen LogP contribution in [0.3, 0.4) is 0 Å². The largest absolute Gasteiger partial charge is 0.390 e. The molecule has 7 nitrogen and oxygen atoms in total. The molecule has 1 N–H and O–H groups in total. The van der Waals surface area contributed by atoms with Crippen LogP contribution in [0.5, 0.6) is 0 Å². The van der Waals surface area contributed by atoms with Crippen LogP contribution in [-0.4, -0.2) is 58.2 Å². The summed E-state index contributed by atoms with van der Waals surface area (Å²) in [4.78, 5) is 50.0. The van der Waals surface area contributed by atoms with E-state index in [0.717, 1.165) is 9.80 Å². The van der Waals surface area contributed by atoms with Crippen molar-refractivity contribution >= 4 is 23.6 Å². The van der Waals surface area contributed by atoms with Crippen LogP contribution in [0.25, 0.3) is 0 Å². The van der Waals surface area contributed by atoms with Crippen molar-refractivity contribution < 1.29 is 24.3 Å². The third-order valence-corrected chi connectivity index (χ3v) is 4.18. The molecule has 0 aromatic heterocycles. The number of hydrogen-bond donors (Lipinski definition) is 1. The highest BCUT2D eigenvalue weighted by Crippen LogP contribution is 2.41. The van der Waals surface area contributed by atoms with Crippen molar-refractivity contribution in [2.45, 2.75) is 25.9 Å². The fraction of sp³-hybridized carbons (Fsp3) is 0.692. The Balaban J connectivity index is 2.43. The zero-order valence-corrected chi connectivity index (χ0v) is 11.9. The summed E-state index contributed by atoms with van der Waals surface area (Å²) in [5.41, 5.74) is -1.44. The van der Waals surface area contributed by atoms with Crippen molar-refractivity contribution in [3.63, 3.8) is 0 Å². The Morgan fingerprint density at radius 3 is 1.95 bits per heavy atom. The van der Waals surface area contributed by atoms with E-state index in [1.807, 2.05) is 0 Å². The lowest BCUT2D eigenvalue weighted by molar-refractivity contribution is -0.142. The molecule has 0 spiro atoms. The molecule has 4 amide bonds. The number of imide groups is 2. The van der Waals surface area contributed by atoms with E-state index < -0.39 is 41.1 Å². The van der Waals surface area contributed by atoms with Gasteiger partial charge in [0.1, 0.15) is 0 Å². The van der Waals surface area contributed by atoms with E-state index in [1.165, 1.54) is 27.9 Å². The maximum atomic E-state index is 12.2. The molecule has 2 heterocycles. The van der Waals surface area contributed by atoms with E-state index in [4.69, 9.17) is 0 Å². The minimum absolute atomic E-state index is 0.0978. The van der Waals surface area contributed by atoms with E-state index in [-0.39, 0.29) is 12.3 Å². The molecule has 0 saturated carbocycles. The van der Waals surface area contributed by atoms with Gasteiger partial charge in [0.15, 0.2) is 0 Å². The SMILES string of the molecule is CN1C(=O)CC(C2C(=O)N(C)C(=O)C2C(C)(C)O)C1=O. The fourth-order valence-electron chi connectivity index (χ4n) is 3.05. The predicted molar refractivity (Wildman–Crippen MR) is 66.9 cm³/mol. The van der Waals surface area contributed by atoms with E-state index in [1.54, 1.807) is 0 Å². The van der Waals surface area contributed by atoms with Crippen LogP contribution in [0.4, 0.5) is 0 Å². The monoisotopic (exact) mass is 282 g/mol. The zero-order valence-electron chi connectivity index (χ0n) is 11.9. The molecule has 0 radical (unpaired) electrons. The number of aliphatic hydroxyl groups is 1. The average molecular weight is 282 g/mol. The highest BCUT2D eigenvalue weighted by Gasteiger charge is 2.58. The Labute approximate surface area is 116 Å². The summed E-state index contributed by atoms with van der Waals surface area (Å²) in [5, 5.41) is 10.2. The molecule has 2 fully saturated rings. The van der Waals surface area contributed by atoms with Gasteiger partial charge in [-0.05, 0) is 13.8 Å².